The molecule has 0 aromatic heterocycles. The number of hydrogen-bond acceptors (Lipinski definition) is 1. The minimum Gasteiger partial charge on any atom is -0.506 e. The normalized spacial score (nSPS) is 9.47. The van der Waals surface area contributed by atoms with Gasteiger partial charge in [-0.25, -0.2) is 0 Å². The topological polar surface area (TPSA) is 20.2 Å². The molecule has 2 aromatic rings. The third kappa shape index (κ3) is 1.31. The molecule has 0 atom stereocenters. The van der Waals surface area contributed by atoms with E-state index in [0.29, 0.717) is 11.1 Å². The highest BCUT2D eigenvalue weighted by Crippen LogP contribution is 2.30. The predicted octanol–water partition coefficient (Wildman–Crippen LogP) is 2.51. The van der Waals surface area contributed by atoms with Crippen LogP contribution in [0.15, 0.2) is 30.3 Å². The highest BCUT2D eigenvalue weighted by atomic mass is 16.3. The van der Waals surface area contributed by atoms with Crippen LogP contribution in [0.2, 0.25) is 0 Å². The van der Waals surface area contributed by atoms with Crippen LogP contribution in [0, 0.1) is 24.7 Å². The molecular formula is C14H8O. The molecule has 70 valence electrons. The van der Waals surface area contributed by atoms with Crippen LogP contribution in [-0.4, -0.2) is 5.11 Å². The number of rotatable bonds is 0. The third-order valence-electron chi connectivity index (χ3n) is 2.32. The number of terminal acetylenes is 2. The number of hydrogen-bond donors (Lipinski definition) is 1. The first-order chi connectivity index (χ1) is 7.27. The van der Waals surface area contributed by atoms with Crippen molar-refractivity contribution in [3.05, 3.63) is 41.5 Å². The van der Waals surface area contributed by atoms with Gasteiger partial charge in [-0.1, -0.05) is 36.1 Å². The van der Waals surface area contributed by atoms with Crippen LogP contribution in [0.25, 0.3) is 10.8 Å². The summed E-state index contributed by atoms with van der Waals surface area (Å²) in [7, 11) is 0. The van der Waals surface area contributed by atoms with Crippen molar-refractivity contribution in [2.24, 2.45) is 0 Å². The molecule has 1 N–H and O–H groups in total. The van der Waals surface area contributed by atoms with Gasteiger partial charge in [0.2, 0.25) is 0 Å². The standard InChI is InChI=1S/C14H8O/c1-3-10-9-11-7-5-6-8-13(11)14(15)12(10)4-2/h1-2,5-9,15H. The summed E-state index contributed by atoms with van der Waals surface area (Å²) in [6, 6.07) is 9.24. The maximum atomic E-state index is 9.92. The van der Waals surface area contributed by atoms with E-state index in [1.807, 2.05) is 30.3 Å². The van der Waals surface area contributed by atoms with Crippen LogP contribution in [0.1, 0.15) is 11.1 Å². The highest BCUT2D eigenvalue weighted by molar-refractivity contribution is 5.92. The van der Waals surface area contributed by atoms with Gasteiger partial charge >= 0.3 is 0 Å². The van der Waals surface area contributed by atoms with E-state index in [2.05, 4.69) is 11.8 Å². The molecule has 0 aliphatic carbocycles. The van der Waals surface area contributed by atoms with Crippen molar-refractivity contribution >= 4 is 10.8 Å². The summed E-state index contributed by atoms with van der Waals surface area (Å²) in [4.78, 5) is 0. The zero-order valence-electron chi connectivity index (χ0n) is 7.99. The molecule has 15 heavy (non-hydrogen) atoms. The molecular weight excluding hydrogens is 184 g/mol. The Bertz CT molecular complexity index is 609. The van der Waals surface area contributed by atoms with Crippen molar-refractivity contribution in [1.29, 1.82) is 0 Å². The Balaban J connectivity index is 2.97. The second kappa shape index (κ2) is 3.40. The van der Waals surface area contributed by atoms with Crippen LogP contribution in [0.5, 0.6) is 5.75 Å². The van der Waals surface area contributed by atoms with Gasteiger partial charge in [0, 0.05) is 10.9 Å². The second-order valence-corrected chi connectivity index (χ2v) is 3.16. The van der Waals surface area contributed by atoms with Crippen molar-refractivity contribution < 1.29 is 5.11 Å². The maximum absolute atomic E-state index is 9.92. The smallest absolute Gasteiger partial charge is 0.140 e. The van der Waals surface area contributed by atoms with Gasteiger partial charge in [-0.15, -0.1) is 12.8 Å². The summed E-state index contributed by atoms with van der Waals surface area (Å²) in [5.41, 5.74) is 0.935. The molecule has 0 heterocycles. The van der Waals surface area contributed by atoms with E-state index in [0.717, 1.165) is 10.8 Å². The van der Waals surface area contributed by atoms with Gasteiger partial charge in [0.05, 0.1) is 5.56 Å². The molecule has 0 unspecified atom stereocenters. The lowest BCUT2D eigenvalue weighted by atomic mass is 10.0. The summed E-state index contributed by atoms with van der Waals surface area (Å²) >= 11 is 0. The van der Waals surface area contributed by atoms with Gasteiger partial charge in [0.1, 0.15) is 5.75 Å². The Kier molecular flexibility index (Phi) is 2.08. The molecule has 0 fully saturated rings. The van der Waals surface area contributed by atoms with Gasteiger partial charge < -0.3 is 5.11 Å². The van der Waals surface area contributed by atoms with Crippen molar-refractivity contribution in [1.82, 2.24) is 0 Å². The lowest BCUT2D eigenvalue weighted by molar-refractivity contribution is 0.480. The molecule has 0 radical (unpaired) electrons. The monoisotopic (exact) mass is 192 g/mol. The fraction of sp³-hybridized carbons (Fsp3) is 0. The Morgan fingerprint density at radius 2 is 1.80 bits per heavy atom. The summed E-state index contributed by atoms with van der Waals surface area (Å²) < 4.78 is 0. The lowest BCUT2D eigenvalue weighted by Crippen LogP contribution is -1.86. The minimum absolute atomic E-state index is 0.0866. The van der Waals surface area contributed by atoms with E-state index in [1.54, 1.807) is 0 Å². The summed E-state index contributed by atoms with van der Waals surface area (Å²) in [6.07, 6.45) is 10.6. The third-order valence-corrected chi connectivity index (χ3v) is 2.32. The molecule has 0 saturated carbocycles. The van der Waals surface area contributed by atoms with Crippen molar-refractivity contribution in [2.45, 2.75) is 0 Å². The number of phenolic OH excluding ortho intramolecular Hbond substituents is 1. The molecule has 0 spiro atoms. The fourth-order valence-corrected chi connectivity index (χ4v) is 1.59. The van der Waals surface area contributed by atoms with Crippen molar-refractivity contribution in [2.75, 3.05) is 0 Å². The fourth-order valence-electron chi connectivity index (χ4n) is 1.59. The molecule has 0 amide bonds. The van der Waals surface area contributed by atoms with E-state index in [9.17, 15) is 5.11 Å². The van der Waals surface area contributed by atoms with E-state index >= 15 is 0 Å². The number of aromatic hydroxyl groups is 1. The second-order valence-electron chi connectivity index (χ2n) is 3.16. The molecule has 1 nitrogen and oxygen atoms in total. The zero-order chi connectivity index (χ0) is 10.8. The lowest BCUT2D eigenvalue weighted by Gasteiger charge is -2.05. The van der Waals surface area contributed by atoms with Crippen LogP contribution < -0.4 is 0 Å². The van der Waals surface area contributed by atoms with E-state index in [4.69, 9.17) is 12.8 Å². The first-order valence-electron chi connectivity index (χ1n) is 4.46. The first-order valence-corrected chi connectivity index (χ1v) is 4.46. The first kappa shape index (κ1) is 9.19. The van der Waals surface area contributed by atoms with E-state index in [-0.39, 0.29) is 5.75 Å². The maximum Gasteiger partial charge on any atom is 0.140 e. The van der Waals surface area contributed by atoms with Gasteiger partial charge in [0.25, 0.3) is 0 Å². The van der Waals surface area contributed by atoms with Crippen LogP contribution in [-0.2, 0) is 0 Å². The number of benzene rings is 2. The zero-order valence-corrected chi connectivity index (χ0v) is 7.99. The van der Waals surface area contributed by atoms with Gasteiger partial charge in [-0.05, 0) is 11.5 Å². The Morgan fingerprint density at radius 1 is 1.07 bits per heavy atom. The SMILES string of the molecule is C#Cc1cc2ccccc2c(O)c1C#C. The average Bonchev–Trinajstić information content (AvgIpc) is 2.29. The van der Waals surface area contributed by atoms with E-state index in [1.165, 1.54) is 0 Å². The van der Waals surface area contributed by atoms with Crippen molar-refractivity contribution in [3.63, 3.8) is 0 Å². The van der Waals surface area contributed by atoms with E-state index < -0.39 is 0 Å². The molecule has 0 bridgehead atoms. The summed E-state index contributed by atoms with van der Waals surface area (Å²) in [6.45, 7) is 0. The van der Waals surface area contributed by atoms with Crippen LogP contribution >= 0.6 is 0 Å². The van der Waals surface area contributed by atoms with Crippen LogP contribution in [0.3, 0.4) is 0 Å². The average molecular weight is 192 g/mol. The molecule has 1 heteroatoms. The number of fused-ring (bicyclic) bond motifs is 1. The molecule has 0 aliphatic heterocycles. The molecule has 2 aromatic carbocycles. The summed E-state index contributed by atoms with van der Waals surface area (Å²) in [5.74, 6) is 4.98. The summed E-state index contributed by atoms with van der Waals surface area (Å²) in [5, 5.41) is 11.5. The van der Waals surface area contributed by atoms with Gasteiger partial charge in [-0.3, -0.25) is 0 Å². The molecule has 0 saturated heterocycles. The minimum atomic E-state index is 0.0866. The van der Waals surface area contributed by atoms with Crippen molar-refractivity contribution in [3.8, 4) is 30.4 Å². The quantitative estimate of drug-likeness (QED) is 0.636. The molecule has 0 aliphatic rings. The molecule has 2 rings (SSSR count). The van der Waals surface area contributed by atoms with Crippen LogP contribution in [0.4, 0.5) is 0 Å². The van der Waals surface area contributed by atoms with Gasteiger partial charge in [-0.2, -0.15) is 0 Å². The Labute approximate surface area is 88.4 Å². The predicted molar refractivity (Wildman–Crippen MR) is 61.5 cm³/mol. The van der Waals surface area contributed by atoms with Gasteiger partial charge in [0.15, 0.2) is 0 Å². The Hall–Kier alpha value is -2.38. The highest BCUT2D eigenvalue weighted by Gasteiger charge is 2.08. The Morgan fingerprint density at radius 3 is 2.47 bits per heavy atom. The largest absolute Gasteiger partial charge is 0.506 e. The number of phenols is 1.